The maximum Gasteiger partial charge on any atom is 0.229 e. The number of anilines is 1. The molecule has 3 aromatic rings. The van der Waals surface area contributed by atoms with E-state index in [4.69, 9.17) is 4.74 Å². The average molecular weight is 461 g/mol. The number of aryl methyl sites for hydroxylation is 2. The lowest BCUT2D eigenvalue weighted by molar-refractivity contribution is -0.619. The van der Waals surface area contributed by atoms with Crippen LogP contribution in [0.2, 0.25) is 0 Å². The molecule has 0 atom stereocenters. The number of nitrogens with one attached hydrogen (secondary N) is 1. The Kier molecular flexibility index (Phi) is 5.54. The number of halogens is 2. The molecule has 1 saturated carbocycles. The Morgan fingerprint density at radius 1 is 1.03 bits per heavy atom. The molecule has 0 saturated heterocycles. The van der Waals surface area contributed by atoms with E-state index < -0.39 is 21.7 Å². The monoisotopic (exact) mass is 460 g/mol. The van der Waals surface area contributed by atoms with E-state index in [1.807, 2.05) is 0 Å². The molecule has 9 heteroatoms. The van der Waals surface area contributed by atoms with E-state index in [-0.39, 0.29) is 17.4 Å². The molecule has 1 aromatic heterocycles. The average Bonchev–Trinajstić information content (AvgIpc) is 3.52. The molecular formula is C23H22F2N2O4S. The lowest BCUT2D eigenvalue weighted by Crippen LogP contribution is -2.33. The van der Waals surface area contributed by atoms with Gasteiger partial charge in [0.05, 0.1) is 11.9 Å². The van der Waals surface area contributed by atoms with Gasteiger partial charge in [0.2, 0.25) is 10.0 Å². The van der Waals surface area contributed by atoms with Crippen molar-refractivity contribution >= 4 is 15.7 Å². The van der Waals surface area contributed by atoms with Gasteiger partial charge in [0.25, 0.3) is 0 Å². The third-order valence-corrected chi connectivity index (χ3v) is 5.85. The van der Waals surface area contributed by atoms with Crippen LogP contribution in [0.25, 0.3) is 11.1 Å². The minimum Gasteiger partial charge on any atom is -0.618 e. The van der Waals surface area contributed by atoms with Gasteiger partial charge >= 0.3 is 0 Å². The highest BCUT2D eigenvalue weighted by Gasteiger charge is 2.29. The van der Waals surface area contributed by atoms with Crippen LogP contribution in [0.3, 0.4) is 0 Å². The number of hydrogen-bond acceptors (Lipinski definition) is 4. The van der Waals surface area contributed by atoms with Gasteiger partial charge in [-0.3, -0.25) is 4.72 Å². The summed E-state index contributed by atoms with van der Waals surface area (Å²) < 4.78 is 60.8. The van der Waals surface area contributed by atoms with Crippen LogP contribution in [-0.4, -0.2) is 14.7 Å². The molecule has 1 fully saturated rings. The number of sulfonamides is 1. The van der Waals surface area contributed by atoms with Crippen LogP contribution >= 0.6 is 0 Å². The Bertz CT molecular complexity index is 1300. The van der Waals surface area contributed by atoms with E-state index in [2.05, 4.69) is 4.72 Å². The Morgan fingerprint density at radius 2 is 1.69 bits per heavy atom. The molecular weight excluding hydrogens is 438 g/mol. The summed E-state index contributed by atoms with van der Waals surface area (Å²) >= 11 is 0. The second-order valence-corrected chi connectivity index (χ2v) is 9.83. The zero-order valence-corrected chi connectivity index (χ0v) is 18.6. The van der Waals surface area contributed by atoms with Gasteiger partial charge in [-0.15, -0.1) is 0 Å². The van der Waals surface area contributed by atoms with Crippen LogP contribution in [-0.2, 0) is 10.0 Å². The Hall–Kier alpha value is -3.20. The van der Waals surface area contributed by atoms with Crippen molar-refractivity contribution in [1.82, 2.24) is 0 Å². The summed E-state index contributed by atoms with van der Waals surface area (Å²) in [6.07, 6.45) is 2.85. The maximum absolute atomic E-state index is 14.3. The van der Waals surface area contributed by atoms with Gasteiger partial charge in [0.15, 0.2) is 23.0 Å². The van der Waals surface area contributed by atoms with Crippen molar-refractivity contribution in [1.29, 1.82) is 0 Å². The van der Waals surface area contributed by atoms with Crippen LogP contribution < -0.4 is 14.2 Å². The second kappa shape index (κ2) is 8.05. The minimum atomic E-state index is -3.56. The van der Waals surface area contributed by atoms with E-state index in [0.29, 0.717) is 28.2 Å². The Morgan fingerprint density at radius 3 is 2.25 bits per heavy atom. The fraction of sp³-hybridized carbons (Fsp3) is 0.261. The number of hydrogen-bond donors (Lipinski definition) is 1. The van der Waals surface area contributed by atoms with Crippen LogP contribution in [0.4, 0.5) is 14.5 Å². The summed E-state index contributed by atoms with van der Waals surface area (Å²) in [4.78, 5) is 0. The fourth-order valence-electron chi connectivity index (χ4n) is 3.64. The van der Waals surface area contributed by atoms with Crippen LogP contribution in [0.15, 0.2) is 42.5 Å². The van der Waals surface area contributed by atoms with Crippen molar-refractivity contribution in [3.05, 3.63) is 76.3 Å². The maximum atomic E-state index is 14.3. The molecule has 0 spiro atoms. The molecule has 6 nitrogen and oxygen atoms in total. The molecule has 168 valence electrons. The zero-order valence-electron chi connectivity index (χ0n) is 17.8. The van der Waals surface area contributed by atoms with Crippen molar-refractivity contribution in [3.8, 4) is 22.6 Å². The quantitative estimate of drug-likeness (QED) is 0.418. The number of ether oxygens (including phenoxy) is 1. The summed E-state index contributed by atoms with van der Waals surface area (Å²) in [5, 5.41) is 12.1. The smallest absolute Gasteiger partial charge is 0.229 e. The number of benzene rings is 2. The van der Waals surface area contributed by atoms with Gasteiger partial charge in [-0.05, 0) is 54.2 Å². The number of pyridine rings is 1. The van der Waals surface area contributed by atoms with Gasteiger partial charge in [-0.2, -0.15) is 4.73 Å². The van der Waals surface area contributed by atoms with Gasteiger partial charge in [-0.1, -0.05) is 0 Å². The molecule has 0 radical (unpaired) electrons. The summed E-state index contributed by atoms with van der Waals surface area (Å²) in [5.74, 6) is -1.33. The lowest BCUT2D eigenvalue weighted by atomic mass is 9.98. The third-order valence-electron chi connectivity index (χ3n) is 5.26. The highest BCUT2D eigenvalue weighted by molar-refractivity contribution is 7.92. The van der Waals surface area contributed by atoms with Crippen molar-refractivity contribution in [2.75, 3.05) is 11.0 Å². The first-order valence-electron chi connectivity index (χ1n) is 10.0. The van der Waals surface area contributed by atoms with Gasteiger partial charge in [-0.25, -0.2) is 17.2 Å². The van der Waals surface area contributed by atoms with Gasteiger partial charge in [0, 0.05) is 37.6 Å². The molecule has 1 N–H and O–H groups in total. The van der Waals surface area contributed by atoms with E-state index in [1.165, 1.54) is 6.07 Å². The normalized spacial score (nSPS) is 13.8. The summed E-state index contributed by atoms with van der Waals surface area (Å²) in [5.41, 5.74) is 3.08. The summed E-state index contributed by atoms with van der Waals surface area (Å²) in [7, 11) is -3.56. The molecule has 0 unspecified atom stereocenters. The SMILES string of the molecule is Cc1cc(-c2cc(NS(C)(=O)=O)c(C3CC3)cc2Oc2ccc(F)cc2F)cc(C)[n+]1[O-]. The lowest BCUT2D eigenvalue weighted by Gasteiger charge is -2.18. The van der Waals surface area contributed by atoms with Crippen molar-refractivity contribution in [3.63, 3.8) is 0 Å². The molecule has 0 amide bonds. The van der Waals surface area contributed by atoms with E-state index >= 15 is 0 Å². The molecule has 0 bridgehead atoms. The van der Waals surface area contributed by atoms with Crippen LogP contribution in [0.5, 0.6) is 11.5 Å². The highest BCUT2D eigenvalue weighted by atomic mass is 32.2. The molecule has 1 aliphatic rings. The van der Waals surface area contributed by atoms with Crippen LogP contribution in [0, 0.1) is 30.7 Å². The minimum absolute atomic E-state index is 0.150. The summed E-state index contributed by atoms with van der Waals surface area (Å²) in [6.45, 7) is 3.30. The van der Waals surface area contributed by atoms with Crippen molar-refractivity contribution in [2.45, 2.75) is 32.6 Å². The van der Waals surface area contributed by atoms with Gasteiger partial charge < -0.3 is 9.94 Å². The number of rotatable bonds is 6. The van der Waals surface area contributed by atoms with Gasteiger partial charge in [0.1, 0.15) is 11.6 Å². The molecule has 1 heterocycles. The third kappa shape index (κ3) is 4.67. The molecule has 2 aromatic carbocycles. The predicted molar refractivity (Wildman–Crippen MR) is 117 cm³/mol. The van der Waals surface area contributed by atoms with E-state index in [1.54, 1.807) is 38.1 Å². The number of aromatic nitrogens is 1. The van der Waals surface area contributed by atoms with Crippen molar-refractivity contribution in [2.24, 2.45) is 0 Å². The van der Waals surface area contributed by atoms with Crippen molar-refractivity contribution < 1.29 is 26.7 Å². The molecule has 1 aliphatic carbocycles. The highest BCUT2D eigenvalue weighted by Crippen LogP contribution is 2.48. The second-order valence-electron chi connectivity index (χ2n) is 8.08. The zero-order chi connectivity index (χ0) is 23.2. The fourth-order valence-corrected chi connectivity index (χ4v) is 4.22. The largest absolute Gasteiger partial charge is 0.618 e. The first kappa shape index (κ1) is 22.0. The standard InChI is InChI=1S/C23H22F2N2O4S/c1-13-8-16(9-14(2)27(13)28)19-11-21(26-32(3,29)30)18(15-4-5-15)12-23(19)31-22-7-6-17(24)10-20(22)25/h6-12,15,26H,4-5H2,1-3H3. The first-order chi connectivity index (χ1) is 15.0. The first-order valence-corrected chi connectivity index (χ1v) is 11.9. The predicted octanol–water partition coefficient (Wildman–Crippen LogP) is 4.92. The number of nitrogens with zero attached hydrogens (tertiary/aromatic N) is 1. The van der Waals surface area contributed by atoms with Crippen LogP contribution in [0.1, 0.15) is 35.7 Å². The Balaban J connectivity index is 1.92. The molecule has 4 rings (SSSR count). The molecule has 0 aliphatic heterocycles. The summed E-state index contributed by atoms with van der Waals surface area (Å²) in [6, 6.07) is 9.63. The van der Waals surface area contributed by atoms with E-state index in [9.17, 15) is 22.4 Å². The topological polar surface area (TPSA) is 82.3 Å². The van der Waals surface area contributed by atoms with E-state index in [0.717, 1.165) is 41.5 Å². The molecule has 32 heavy (non-hydrogen) atoms. The Labute approximate surface area is 185 Å².